The van der Waals surface area contributed by atoms with Crippen molar-refractivity contribution in [1.29, 1.82) is 0 Å². The SMILES string of the molecule is O=[N+]([O-])c1cc2c(cc1C=NNc1nncc(-c3ccccc3)n1)OCO2. The van der Waals surface area contributed by atoms with E-state index in [0.29, 0.717) is 17.2 Å². The second-order valence-corrected chi connectivity index (χ2v) is 5.42. The number of nitro groups is 1. The third-order valence-electron chi connectivity index (χ3n) is 3.72. The van der Waals surface area contributed by atoms with Crippen molar-refractivity contribution in [3.8, 4) is 22.8 Å². The van der Waals surface area contributed by atoms with Crippen LogP contribution in [-0.2, 0) is 0 Å². The molecule has 1 N–H and O–H groups in total. The van der Waals surface area contributed by atoms with Gasteiger partial charge < -0.3 is 9.47 Å². The van der Waals surface area contributed by atoms with E-state index in [-0.39, 0.29) is 24.0 Å². The molecular formula is C17H12N6O4. The molecule has 10 nitrogen and oxygen atoms in total. The number of benzene rings is 2. The van der Waals surface area contributed by atoms with Gasteiger partial charge in [0.15, 0.2) is 11.5 Å². The van der Waals surface area contributed by atoms with Gasteiger partial charge in [0.05, 0.1) is 34.7 Å². The first-order valence-corrected chi connectivity index (χ1v) is 7.83. The third-order valence-corrected chi connectivity index (χ3v) is 3.72. The molecule has 2 aromatic carbocycles. The highest BCUT2D eigenvalue weighted by atomic mass is 16.7. The summed E-state index contributed by atoms with van der Waals surface area (Å²) in [5, 5.41) is 23.0. The van der Waals surface area contributed by atoms with Gasteiger partial charge in [0, 0.05) is 5.56 Å². The van der Waals surface area contributed by atoms with Crippen LogP contribution in [0.2, 0.25) is 0 Å². The maximum Gasteiger partial charge on any atom is 0.282 e. The molecule has 0 saturated heterocycles. The van der Waals surface area contributed by atoms with Crippen LogP contribution in [0.3, 0.4) is 0 Å². The molecule has 27 heavy (non-hydrogen) atoms. The Balaban J connectivity index is 1.56. The number of hydrogen-bond acceptors (Lipinski definition) is 9. The molecular weight excluding hydrogens is 352 g/mol. The molecule has 1 aromatic heterocycles. The molecule has 0 amide bonds. The standard InChI is InChI=1S/C17H12N6O4/c24-23(25)14-7-16-15(26-10-27-16)6-12(14)8-18-21-17-20-13(9-19-22-17)11-4-2-1-3-5-11/h1-9H,10H2,(H,20,21,22). The van der Waals surface area contributed by atoms with Gasteiger partial charge in [-0.3, -0.25) is 10.1 Å². The van der Waals surface area contributed by atoms with Crippen LogP contribution in [0, 0.1) is 10.1 Å². The van der Waals surface area contributed by atoms with Gasteiger partial charge in [0.1, 0.15) is 0 Å². The molecule has 0 fully saturated rings. The maximum absolute atomic E-state index is 11.2. The van der Waals surface area contributed by atoms with Gasteiger partial charge in [-0.25, -0.2) is 10.4 Å². The zero-order valence-electron chi connectivity index (χ0n) is 13.8. The largest absolute Gasteiger partial charge is 0.454 e. The molecule has 0 unspecified atom stereocenters. The van der Waals surface area contributed by atoms with Crippen LogP contribution in [0.25, 0.3) is 11.3 Å². The van der Waals surface area contributed by atoms with Crippen LogP contribution < -0.4 is 14.9 Å². The zero-order valence-corrected chi connectivity index (χ0v) is 13.8. The Bertz CT molecular complexity index is 1030. The number of hydrazone groups is 1. The summed E-state index contributed by atoms with van der Waals surface area (Å²) >= 11 is 0. The molecule has 2 heterocycles. The van der Waals surface area contributed by atoms with E-state index in [1.165, 1.54) is 24.5 Å². The predicted octanol–water partition coefficient (Wildman–Crippen LogP) is 2.62. The first-order valence-electron chi connectivity index (χ1n) is 7.83. The van der Waals surface area contributed by atoms with Crippen molar-refractivity contribution in [2.45, 2.75) is 0 Å². The Labute approximate surface area is 152 Å². The lowest BCUT2D eigenvalue weighted by atomic mass is 10.1. The van der Waals surface area contributed by atoms with Gasteiger partial charge in [0.2, 0.25) is 6.79 Å². The topological polar surface area (TPSA) is 125 Å². The molecule has 0 radical (unpaired) electrons. The number of rotatable bonds is 5. The molecule has 3 aromatic rings. The lowest BCUT2D eigenvalue weighted by molar-refractivity contribution is -0.385. The van der Waals surface area contributed by atoms with E-state index in [0.717, 1.165) is 5.56 Å². The fourth-order valence-electron chi connectivity index (χ4n) is 2.47. The van der Waals surface area contributed by atoms with Crippen LogP contribution in [0.15, 0.2) is 53.8 Å². The Morgan fingerprint density at radius 3 is 2.74 bits per heavy atom. The summed E-state index contributed by atoms with van der Waals surface area (Å²) in [6.45, 7) is 0.0249. The summed E-state index contributed by atoms with van der Waals surface area (Å²) in [5.41, 5.74) is 4.23. The van der Waals surface area contributed by atoms with Crippen LogP contribution in [0.5, 0.6) is 11.5 Å². The molecule has 10 heteroatoms. The zero-order chi connectivity index (χ0) is 18.6. The molecule has 4 rings (SSSR count). The van der Waals surface area contributed by atoms with Gasteiger partial charge >= 0.3 is 0 Å². The first kappa shape index (κ1) is 16.4. The number of nitrogens with zero attached hydrogens (tertiary/aromatic N) is 5. The third kappa shape index (κ3) is 3.49. The summed E-state index contributed by atoms with van der Waals surface area (Å²) in [4.78, 5) is 15.0. The van der Waals surface area contributed by atoms with Crippen molar-refractivity contribution in [3.63, 3.8) is 0 Å². The Hall–Kier alpha value is -4.08. The van der Waals surface area contributed by atoms with E-state index in [1.54, 1.807) is 0 Å². The van der Waals surface area contributed by atoms with Crippen molar-refractivity contribution < 1.29 is 14.4 Å². The minimum atomic E-state index is -0.516. The summed E-state index contributed by atoms with van der Waals surface area (Å²) in [7, 11) is 0. The van der Waals surface area contributed by atoms with Crippen LogP contribution in [0.4, 0.5) is 11.6 Å². The average Bonchev–Trinajstić information content (AvgIpc) is 3.16. The second kappa shape index (κ2) is 7.04. The van der Waals surface area contributed by atoms with Crippen molar-refractivity contribution >= 4 is 17.9 Å². The van der Waals surface area contributed by atoms with E-state index in [1.807, 2.05) is 30.3 Å². The minimum Gasteiger partial charge on any atom is -0.454 e. The number of hydrogen-bond donors (Lipinski definition) is 1. The number of ether oxygens (including phenoxy) is 2. The molecule has 0 spiro atoms. The quantitative estimate of drug-likeness (QED) is 0.416. The average molecular weight is 364 g/mol. The van der Waals surface area contributed by atoms with E-state index < -0.39 is 4.92 Å². The van der Waals surface area contributed by atoms with E-state index in [4.69, 9.17) is 9.47 Å². The van der Waals surface area contributed by atoms with Crippen LogP contribution in [0.1, 0.15) is 5.56 Å². The van der Waals surface area contributed by atoms with E-state index >= 15 is 0 Å². The molecule has 0 atom stereocenters. The van der Waals surface area contributed by atoms with Gasteiger partial charge in [-0.05, 0) is 6.07 Å². The number of fused-ring (bicyclic) bond motifs is 1. The van der Waals surface area contributed by atoms with E-state index in [2.05, 4.69) is 25.7 Å². The summed E-state index contributed by atoms with van der Waals surface area (Å²) in [6, 6.07) is 12.3. The molecule has 0 aliphatic carbocycles. The normalized spacial score (nSPS) is 12.3. The Morgan fingerprint density at radius 2 is 1.96 bits per heavy atom. The Kier molecular flexibility index (Phi) is 4.27. The van der Waals surface area contributed by atoms with Crippen molar-refractivity contribution in [1.82, 2.24) is 15.2 Å². The fraction of sp³-hybridized carbons (Fsp3) is 0.0588. The van der Waals surface area contributed by atoms with E-state index in [9.17, 15) is 10.1 Å². The summed E-state index contributed by atoms with van der Waals surface area (Å²) < 4.78 is 10.4. The number of nitrogens with one attached hydrogen (secondary N) is 1. The molecule has 1 aliphatic heterocycles. The molecule has 0 bridgehead atoms. The van der Waals surface area contributed by atoms with Gasteiger partial charge in [0.25, 0.3) is 11.6 Å². The molecule has 1 aliphatic rings. The lowest BCUT2D eigenvalue weighted by Gasteiger charge is -2.02. The number of aromatic nitrogens is 3. The predicted molar refractivity (Wildman–Crippen MR) is 95.7 cm³/mol. The molecule has 0 saturated carbocycles. The van der Waals surface area contributed by atoms with Crippen molar-refractivity contribution in [2.24, 2.45) is 5.10 Å². The monoisotopic (exact) mass is 364 g/mol. The summed E-state index contributed by atoms with van der Waals surface area (Å²) in [6.07, 6.45) is 2.82. The van der Waals surface area contributed by atoms with Crippen molar-refractivity contribution in [2.75, 3.05) is 12.2 Å². The number of nitro benzene ring substituents is 1. The van der Waals surface area contributed by atoms with Gasteiger partial charge in [-0.1, -0.05) is 30.3 Å². The van der Waals surface area contributed by atoms with Crippen molar-refractivity contribution in [3.05, 3.63) is 64.3 Å². The van der Waals surface area contributed by atoms with Crippen LogP contribution in [-0.4, -0.2) is 33.1 Å². The van der Waals surface area contributed by atoms with Crippen LogP contribution >= 0.6 is 0 Å². The minimum absolute atomic E-state index is 0.0249. The highest BCUT2D eigenvalue weighted by molar-refractivity contribution is 5.87. The molecule has 134 valence electrons. The lowest BCUT2D eigenvalue weighted by Crippen LogP contribution is -2.01. The number of anilines is 1. The summed E-state index contributed by atoms with van der Waals surface area (Å²) in [5.74, 6) is 0.914. The van der Waals surface area contributed by atoms with Gasteiger partial charge in [-0.2, -0.15) is 10.2 Å². The Morgan fingerprint density at radius 1 is 1.19 bits per heavy atom. The van der Waals surface area contributed by atoms with Gasteiger partial charge in [-0.15, -0.1) is 5.10 Å². The highest BCUT2D eigenvalue weighted by Gasteiger charge is 2.22. The highest BCUT2D eigenvalue weighted by Crippen LogP contribution is 2.37. The fourth-order valence-corrected chi connectivity index (χ4v) is 2.47. The smallest absolute Gasteiger partial charge is 0.282 e. The first-order chi connectivity index (χ1) is 13.2. The maximum atomic E-state index is 11.2. The second-order valence-electron chi connectivity index (χ2n) is 5.42.